The molecule has 0 saturated heterocycles. The van der Waals surface area contributed by atoms with Gasteiger partial charge in [0.15, 0.2) is 11.6 Å². The molecule has 0 fully saturated rings. The second-order valence-electron chi connectivity index (χ2n) is 9.06. The maximum Gasteiger partial charge on any atom is 0.190 e. The molecule has 0 radical (unpaired) electrons. The molecule has 5 nitrogen and oxygen atoms in total. The molecule has 1 unspecified atom stereocenters. The Labute approximate surface area is 204 Å². The number of anilines is 3. The molecule has 35 heavy (non-hydrogen) atoms. The zero-order valence-corrected chi connectivity index (χ0v) is 20.0. The predicted octanol–water partition coefficient (Wildman–Crippen LogP) is 6.73. The predicted molar refractivity (Wildman–Crippen MR) is 141 cm³/mol. The number of H-pyrrole nitrogens is 1. The SMILES string of the molecule is C=C(C)c1cccc2c(CCNc3ccc(Nc4cccc5c4CCC5O)c(OC)c3F)c[nH]c12. The monoisotopic (exact) mass is 471 g/mol. The van der Waals surface area contributed by atoms with E-state index in [1.807, 2.05) is 43.5 Å². The third-order valence-corrected chi connectivity index (χ3v) is 6.78. The number of ether oxygens (including phenoxy) is 1. The first-order valence-corrected chi connectivity index (χ1v) is 11.9. The van der Waals surface area contributed by atoms with Crippen LogP contribution in [0.1, 0.15) is 41.7 Å². The lowest BCUT2D eigenvalue weighted by Crippen LogP contribution is -2.08. The first kappa shape index (κ1) is 23.0. The molecule has 0 bridgehead atoms. The molecule has 4 N–H and O–H groups in total. The zero-order valence-electron chi connectivity index (χ0n) is 20.0. The summed E-state index contributed by atoms with van der Waals surface area (Å²) in [5.74, 6) is -0.280. The van der Waals surface area contributed by atoms with E-state index in [2.05, 4.69) is 34.3 Å². The summed E-state index contributed by atoms with van der Waals surface area (Å²) >= 11 is 0. The summed E-state index contributed by atoms with van der Waals surface area (Å²) in [6.45, 7) is 6.63. The fourth-order valence-electron chi connectivity index (χ4n) is 4.99. The Bertz CT molecular complexity index is 1410. The van der Waals surface area contributed by atoms with E-state index in [0.29, 0.717) is 24.3 Å². The number of aliphatic hydroxyl groups excluding tert-OH is 1. The number of hydrogen-bond acceptors (Lipinski definition) is 4. The van der Waals surface area contributed by atoms with E-state index in [1.54, 1.807) is 6.07 Å². The first-order valence-electron chi connectivity index (χ1n) is 11.9. The van der Waals surface area contributed by atoms with Crippen LogP contribution >= 0.6 is 0 Å². The van der Waals surface area contributed by atoms with Gasteiger partial charge < -0.3 is 25.5 Å². The molecule has 5 rings (SSSR count). The standard InChI is InChI=1S/C29H30FN3O2/c1-17(2)19-6-4-7-20-18(16-32-28(19)20)14-15-31-24-11-12-25(29(35-3)27(24)30)33-23-9-5-8-22-21(23)10-13-26(22)34/h4-9,11-12,16,26,31-34H,1,10,13-15H2,2-3H3. The number of para-hydroxylation sites is 1. The van der Waals surface area contributed by atoms with Crippen LogP contribution in [0.15, 0.2) is 61.3 Å². The Balaban J connectivity index is 1.32. The van der Waals surface area contributed by atoms with Crippen molar-refractivity contribution in [3.05, 3.63) is 89.4 Å². The van der Waals surface area contributed by atoms with Gasteiger partial charge in [-0.15, -0.1) is 0 Å². The number of aromatic nitrogens is 1. The van der Waals surface area contributed by atoms with Crippen molar-refractivity contribution in [2.45, 2.75) is 32.3 Å². The van der Waals surface area contributed by atoms with E-state index in [0.717, 1.165) is 51.7 Å². The number of nitrogens with one attached hydrogen (secondary N) is 3. The largest absolute Gasteiger partial charge is 0.492 e. The first-order chi connectivity index (χ1) is 17.0. The van der Waals surface area contributed by atoms with Crippen LogP contribution in [0, 0.1) is 5.82 Å². The number of benzene rings is 3. The van der Waals surface area contributed by atoms with Crippen LogP contribution in [0.25, 0.3) is 16.5 Å². The lowest BCUT2D eigenvalue weighted by Gasteiger charge is -2.17. The summed E-state index contributed by atoms with van der Waals surface area (Å²) in [6, 6.07) is 15.5. The molecule has 0 spiro atoms. The van der Waals surface area contributed by atoms with E-state index < -0.39 is 11.9 Å². The van der Waals surface area contributed by atoms with E-state index in [9.17, 15) is 5.11 Å². The van der Waals surface area contributed by atoms with Crippen LogP contribution in [0.2, 0.25) is 0 Å². The third kappa shape index (κ3) is 4.26. The normalized spacial score (nSPS) is 14.7. The molecule has 3 aromatic carbocycles. The van der Waals surface area contributed by atoms with Crippen LogP contribution < -0.4 is 15.4 Å². The highest BCUT2D eigenvalue weighted by Gasteiger charge is 2.23. The Kier molecular flexibility index (Phi) is 6.22. The van der Waals surface area contributed by atoms with Gasteiger partial charge in [0, 0.05) is 29.4 Å². The Hall–Kier alpha value is -3.77. The number of aliphatic hydroxyl groups is 1. The molecular weight excluding hydrogens is 441 g/mol. The second kappa shape index (κ2) is 9.47. The van der Waals surface area contributed by atoms with Crippen LogP contribution in [-0.4, -0.2) is 23.7 Å². The summed E-state index contributed by atoms with van der Waals surface area (Å²) in [4.78, 5) is 3.36. The Morgan fingerprint density at radius 2 is 1.94 bits per heavy atom. The molecular formula is C29H30FN3O2. The van der Waals surface area contributed by atoms with Gasteiger partial charge >= 0.3 is 0 Å². The number of halogens is 1. The van der Waals surface area contributed by atoms with Gasteiger partial charge in [-0.1, -0.05) is 36.9 Å². The molecule has 4 aromatic rings. The quantitative estimate of drug-likeness (QED) is 0.230. The van der Waals surface area contributed by atoms with Gasteiger partial charge in [0.25, 0.3) is 0 Å². The van der Waals surface area contributed by atoms with Crippen molar-refractivity contribution in [2.24, 2.45) is 0 Å². The summed E-state index contributed by atoms with van der Waals surface area (Å²) in [5, 5.41) is 17.9. The minimum Gasteiger partial charge on any atom is -0.492 e. The van der Waals surface area contributed by atoms with Gasteiger partial charge in [0.05, 0.1) is 30.1 Å². The highest BCUT2D eigenvalue weighted by molar-refractivity contribution is 5.92. The summed E-state index contributed by atoms with van der Waals surface area (Å²) in [7, 11) is 1.47. The number of aromatic amines is 1. The molecule has 6 heteroatoms. The molecule has 1 atom stereocenters. The van der Waals surface area contributed by atoms with E-state index in [4.69, 9.17) is 4.74 Å². The maximum atomic E-state index is 15.3. The summed E-state index contributed by atoms with van der Waals surface area (Å²) in [6.07, 6.45) is 3.79. The fraction of sp³-hybridized carbons (Fsp3) is 0.241. The van der Waals surface area contributed by atoms with Crippen molar-refractivity contribution in [3.8, 4) is 5.75 Å². The molecule has 0 saturated carbocycles. The molecule has 1 aromatic heterocycles. The van der Waals surface area contributed by atoms with E-state index in [-0.39, 0.29) is 5.75 Å². The molecule has 1 aliphatic rings. The topological polar surface area (TPSA) is 69.3 Å². The van der Waals surface area contributed by atoms with Crippen LogP contribution in [0.5, 0.6) is 5.75 Å². The van der Waals surface area contributed by atoms with Gasteiger partial charge in [0.1, 0.15) is 0 Å². The van der Waals surface area contributed by atoms with Crippen molar-refractivity contribution >= 4 is 33.5 Å². The number of methoxy groups -OCH3 is 1. The van der Waals surface area contributed by atoms with Crippen LogP contribution in [-0.2, 0) is 12.8 Å². The molecule has 1 heterocycles. The highest BCUT2D eigenvalue weighted by atomic mass is 19.1. The Morgan fingerprint density at radius 1 is 1.14 bits per heavy atom. The van der Waals surface area contributed by atoms with Gasteiger partial charge in [-0.05, 0) is 66.6 Å². The average molecular weight is 472 g/mol. The minimum absolute atomic E-state index is 0.157. The third-order valence-electron chi connectivity index (χ3n) is 6.78. The minimum atomic E-state index is -0.443. The summed E-state index contributed by atoms with van der Waals surface area (Å²) < 4.78 is 20.8. The zero-order chi connectivity index (χ0) is 24.5. The molecule has 1 aliphatic carbocycles. The smallest absolute Gasteiger partial charge is 0.190 e. The van der Waals surface area contributed by atoms with Crippen molar-refractivity contribution < 1.29 is 14.2 Å². The van der Waals surface area contributed by atoms with E-state index >= 15 is 4.39 Å². The van der Waals surface area contributed by atoms with Crippen molar-refractivity contribution in [1.82, 2.24) is 4.98 Å². The Morgan fingerprint density at radius 3 is 2.74 bits per heavy atom. The number of allylic oxidation sites excluding steroid dienone is 1. The van der Waals surface area contributed by atoms with Gasteiger partial charge in [0.2, 0.25) is 0 Å². The van der Waals surface area contributed by atoms with Crippen molar-refractivity contribution in [1.29, 1.82) is 0 Å². The number of fused-ring (bicyclic) bond motifs is 2. The second-order valence-corrected chi connectivity index (χ2v) is 9.06. The molecule has 0 amide bonds. The van der Waals surface area contributed by atoms with Crippen LogP contribution in [0.4, 0.5) is 21.5 Å². The lowest BCUT2D eigenvalue weighted by atomic mass is 10.0. The molecule has 180 valence electrons. The van der Waals surface area contributed by atoms with Crippen LogP contribution in [0.3, 0.4) is 0 Å². The van der Waals surface area contributed by atoms with Gasteiger partial charge in [-0.2, -0.15) is 0 Å². The van der Waals surface area contributed by atoms with Crippen molar-refractivity contribution in [2.75, 3.05) is 24.3 Å². The number of rotatable bonds is 8. The molecule has 0 aliphatic heterocycles. The number of hydrogen-bond donors (Lipinski definition) is 4. The van der Waals surface area contributed by atoms with Gasteiger partial charge in [-0.25, -0.2) is 4.39 Å². The van der Waals surface area contributed by atoms with E-state index in [1.165, 1.54) is 12.7 Å². The fourth-order valence-corrected chi connectivity index (χ4v) is 4.99. The maximum absolute atomic E-state index is 15.3. The lowest BCUT2D eigenvalue weighted by molar-refractivity contribution is 0.180. The average Bonchev–Trinajstić information content (AvgIpc) is 3.45. The summed E-state index contributed by atoms with van der Waals surface area (Å²) in [5.41, 5.74) is 8.18. The highest BCUT2D eigenvalue weighted by Crippen LogP contribution is 2.40. The van der Waals surface area contributed by atoms with Crippen molar-refractivity contribution in [3.63, 3.8) is 0 Å². The van der Waals surface area contributed by atoms with Gasteiger partial charge in [-0.3, -0.25) is 0 Å².